The minimum atomic E-state index is -0.138. The van der Waals surface area contributed by atoms with Crippen LogP contribution in [0.2, 0.25) is 0 Å². The van der Waals surface area contributed by atoms with Gasteiger partial charge >= 0.3 is 6.03 Å². The van der Waals surface area contributed by atoms with Crippen molar-refractivity contribution in [1.82, 2.24) is 10.2 Å². The molecule has 0 saturated heterocycles. The van der Waals surface area contributed by atoms with Gasteiger partial charge < -0.3 is 10.2 Å². The molecule has 0 fully saturated rings. The van der Waals surface area contributed by atoms with Crippen molar-refractivity contribution in [3.63, 3.8) is 0 Å². The molecule has 0 aliphatic rings. The number of benzene rings is 1. The highest BCUT2D eigenvalue weighted by molar-refractivity contribution is 5.73. The van der Waals surface area contributed by atoms with Gasteiger partial charge in [-0.2, -0.15) is 0 Å². The molecule has 1 N–H and O–H groups in total. The Morgan fingerprint density at radius 1 is 1.25 bits per heavy atom. The first-order valence-corrected chi connectivity index (χ1v) is 7.15. The van der Waals surface area contributed by atoms with Crippen LogP contribution >= 0.6 is 0 Å². The lowest BCUT2D eigenvalue weighted by Crippen LogP contribution is -2.41. The van der Waals surface area contributed by atoms with E-state index >= 15 is 0 Å². The van der Waals surface area contributed by atoms with E-state index in [1.807, 2.05) is 30.3 Å². The van der Waals surface area contributed by atoms with E-state index < -0.39 is 0 Å². The minimum Gasteiger partial charge on any atom is -0.341 e. The maximum Gasteiger partial charge on any atom is 0.317 e. The van der Waals surface area contributed by atoms with E-state index in [0.29, 0.717) is 19.0 Å². The van der Waals surface area contributed by atoms with Crippen LogP contribution in [-0.4, -0.2) is 31.1 Å². The number of hydrogen-bond acceptors (Lipinski definition) is 1. The average Bonchev–Trinajstić information content (AvgIpc) is 2.45. The predicted octanol–water partition coefficient (Wildman–Crippen LogP) is 2.92. The molecule has 0 bridgehead atoms. The summed E-state index contributed by atoms with van der Waals surface area (Å²) >= 11 is 0. The molecule has 1 aromatic rings. The maximum absolute atomic E-state index is 12.0. The van der Waals surface area contributed by atoms with E-state index in [0.717, 1.165) is 12.0 Å². The van der Waals surface area contributed by atoms with E-state index in [1.165, 1.54) is 0 Å². The average molecular weight is 277 g/mol. The fourth-order valence-corrected chi connectivity index (χ4v) is 2.35. The van der Waals surface area contributed by atoms with Gasteiger partial charge in [-0.25, -0.2) is 9.90 Å². The number of rotatable bonds is 7. The number of nitrogens with one attached hydrogen (secondary N) is 1. The van der Waals surface area contributed by atoms with Crippen LogP contribution in [0.25, 0.3) is 0 Å². The molecule has 4 heteroatoms. The topological polar surface area (TPSA) is 52.2 Å². The summed E-state index contributed by atoms with van der Waals surface area (Å²) in [5.74, 6) is 0.480. The van der Waals surface area contributed by atoms with Crippen LogP contribution in [-0.2, 0) is 11.7 Å². The van der Waals surface area contributed by atoms with Crippen LogP contribution in [0.1, 0.15) is 25.8 Å². The van der Waals surface area contributed by atoms with Crippen molar-refractivity contribution in [2.45, 2.75) is 26.8 Å². The smallest absolute Gasteiger partial charge is 0.317 e. The van der Waals surface area contributed by atoms with Crippen molar-refractivity contribution in [3.05, 3.63) is 35.9 Å². The lowest BCUT2D eigenvalue weighted by Gasteiger charge is -2.27. The lowest BCUT2D eigenvalue weighted by molar-refractivity contribution is 0.105. The molecule has 1 radical (unpaired) electrons. The van der Waals surface area contributed by atoms with Gasteiger partial charge in [-0.15, -0.1) is 0 Å². The number of hydrogen-bond donors (Lipinski definition) is 1. The van der Waals surface area contributed by atoms with Gasteiger partial charge in [-0.05, 0) is 17.9 Å². The molecule has 1 rings (SSSR count). The molecule has 0 heterocycles. The highest BCUT2D eigenvalue weighted by Crippen LogP contribution is 2.15. The molecule has 1 atom stereocenters. The second-order valence-corrected chi connectivity index (χ2v) is 5.58. The normalized spacial score (nSPS) is 12.2. The summed E-state index contributed by atoms with van der Waals surface area (Å²) in [6.45, 7) is 5.11. The lowest BCUT2D eigenvalue weighted by atomic mass is 9.97. The Bertz CT molecular complexity index is 393. The molecule has 2 amide bonds. The van der Waals surface area contributed by atoms with E-state index in [-0.39, 0.29) is 18.6 Å². The summed E-state index contributed by atoms with van der Waals surface area (Å²) in [4.78, 5) is 13.7. The summed E-state index contributed by atoms with van der Waals surface area (Å²) in [5, 5.41) is 14.0. The van der Waals surface area contributed by atoms with E-state index in [1.54, 1.807) is 11.9 Å². The Morgan fingerprint density at radius 2 is 1.90 bits per heavy atom. The highest BCUT2D eigenvalue weighted by atomic mass is 16.3. The number of carbonyl (C=O) groups excluding carboxylic acids is 1. The third-order valence-electron chi connectivity index (χ3n) is 3.24. The first-order chi connectivity index (χ1) is 9.56. The zero-order valence-corrected chi connectivity index (χ0v) is 12.6. The van der Waals surface area contributed by atoms with Gasteiger partial charge in [-0.1, -0.05) is 44.2 Å². The highest BCUT2D eigenvalue weighted by Gasteiger charge is 2.19. The zero-order valence-electron chi connectivity index (χ0n) is 12.6. The zero-order chi connectivity index (χ0) is 15.0. The quantitative estimate of drug-likeness (QED) is 0.818. The Hall–Kier alpha value is -1.55. The SMILES string of the molecule is CNC(=O)N(Cc1ccccc1)CC(C[O])CC(C)C. The summed E-state index contributed by atoms with van der Waals surface area (Å²) < 4.78 is 0. The van der Waals surface area contributed by atoms with E-state index in [4.69, 9.17) is 0 Å². The van der Waals surface area contributed by atoms with Crippen molar-refractivity contribution in [2.75, 3.05) is 20.2 Å². The van der Waals surface area contributed by atoms with Crippen molar-refractivity contribution in [2.24, 2.45) is 11.8 Å². The predicted molar refractivity (Wildman–Crippen MR) is 79.8 cm³/mol. The van der Waals surface area contributed by atoms with Gasteiger partial charge in [-0.3, -0.25) is 0 Å². The summed E-state index contributed by atoms with van der Waals surface area (Å²) in [6.07, 6.45) is 0.853. The van der Waals surface area contributed by atoms with E-state index in [9.17, 15) is 9.90 Å². The largest absolute Gasteiger partial charge is 0.341 e. The van der Waals surface area contributed by atoms with Crippen LogP contribution < -0.4 is 5.32 Å². The first-order valence-electron chi connectivity index (χ1n) is 7.15. The van der Waals surface area contributed by atoms with Crippen molar-refractivity contribution < 1.29 is 9.90 Å². The molecule has 4 nitrogen and oxygen atoms in total. The molecule has 0 aliphatic carbocycles. The van der Waals surface area contributed by atoms with Gasteiger partial charge in [0.2, 0.25) is 0 Å². The molecule has 0 aromatic heterocycles. The summed E-state index contributed by atoms with van der Waals surface area (Å²) in [7, 11) is 1.62. The van der Waals surface area contributed by atoms with Crippen molar-refractivity contribution >= 4 is 6.03 Å². The number of urea groups is 1. The number of amides is 2. The molecule has 0 saturated carbocycles. The van der Waals surface area contributed by atoms with Crippen LogP contribution in [0.5, 0.6) is 0 Å². The molecule has 1 aromatic carbocycles. The molecule has 0 aliphatic heterocycles. The van der Waals surface area contributed by atoms with Crippen LogP contribution in [0.3, 0.4) is 0 Å². The third-order valence-corrected chi connectivity index (χ3v) is 3.24. The molecule has 20 heavy (non-hydrogen) atoms. The standard InChI is InChI=1S/C16H25N2O2/c1-13(2)9-15(12-19)11-18(16(20)17-3)10-14-7-5-4-6-8-14/h4-8,13,15H,9-12H2,1-3H3,(H,17,20). The second-order valence-electron chi connectivity index (χ2n) is 5.58. The minimum absolute atomic E-state index is 0.0102. The Kier molecular flexibility index (Phi) is 7.09. The van der Waals surface area contributed by atoms with Crippen LogP contribution in [0, 0.1) is 11.8 Å². The molecular formula is C16H25N2O2. The Balaban J connectivity index is 2.71. The molecule has 111 valence electrons. The first kappa shape index (κ1) is 16.5. The molecule has 0 spiro atoms. The maximum atomic E-state index is 12.0. The fourth-order valence-electron chi connectivity index (χ4n) is 2.35. The third kappa shape index (κ3) is 5.61. The Labute approximate surface area is 121 Å². The van der Waals surface area contributed by atoms with Crippen molar-refractivity contribution in [3.8, 4) is 0 Å². The number of nitrogens with zero attached hydrogens (tertiary/aromatic N) is 1. The van der Waals surface area contributed by atoms with Crippen LogP contribution in [0.4, 0.5) is 4.79 Å². The monoisotopic (exact) mass is 277 g/mol. The number of carbonyl (C=O) groups is 1. The van der Waals surface area contributed by atoms with Gasteiger partial charge in [0.25, 0.3) is 0 Å². The van der Waals surface area contributed by atoms with Gasteiger partial charge in [0.1, 0.15) is 0 Å². The van der Waals surface area contributed by atoms with E-state index in [2.05, 4.69) is 19.2 Å². The van der Waals surface area contributed by atoms with Gasteiger partial charge in [0.05, 0.1) is 6.61 Å². The van der Waals surface area contributed by atoms with Gasteiger partial charge in [0, 0.05) is 26.1 Å². The second kappa shape index (κ2) is 8.59. The Morgan fingerprint density at radius 3 is 2.40 bits per heavy atom. The summed E-state index contributed by atoms with van der Waals surface area (Å²) in [5.41, 5.74) is 1.07. The fraction of sp³-hybridized carbons (Fsp3) is 0.562. The molecular weight excluding hydrogens is 252 g/mol. The van der Waals surface area contributed by atoms with Gasteiger partial charge in [0.15, 0.2) is 0 Å². The molecule has 1 unspecified atom stereocenters. The summed E-state index contributed by atoms with van der Waals surface area (Å²) in [6, 6.07) is 9.71. The van der Waals surface area contributed by atoms with Crippen LogP contribution in [0.15, 0.2) is 30.3 Å². The van der Waals surface area contributed by atoms with Crippen molar-refractivity contribution in [1.29, 1.82) is 0 Å².